The predicted octanol–water partition coefficient (Wildman–Crippen LogP) is 0.0855. The SMILES string of the molecule is CC(C#N)CNC(=O)C(C)(C)S(C)(=O)=O. The number of hydrogen-bond donors (Lipinski definition) is 1. The average molecular weight is 232 g/mol. The molecule has 15 heavy (non-hydrogen) atoms. The van der Waals surface area contributed by atoms with Gasteiger partial charge in [0.1, 0.15) is 4.75 Å². The number of amides is 1. The Morgan fingerprint density at radius 3 is 2.33 bits per heavy atom. The highest BCUT2D eigenvalue weighted by atomic mass is 32.2. The molecule has 0 radical (unpaired) electrons. The summed E-state index contributed by atoms with van der Waals surface area (Å²) in [6.07, 6.45) is 1.01. The molecule has 0 aromatic carbocycles. The molecule has 0 bridgehead atoms. The van der Waals surface area contributed by atoms with E-state index in [0.29, 0.717) is 0 Å². The molecule has 0 spiro atoms. The highest BCUT2D eigenvalue weighted by Crippen LogP contribution is 2.14. The fraction of sp³-hybridized carbons (Fsp3) is 0.778. The first-order valence-electron chi connectivity index (χ1n) is 4.50. The number of carbonyl (C=O) groups is 1. The Morgan fingerprint density at radius 1 is 1.53 bits per heavy atom. The first-order valence-corrected chi connectivity index (χ1v) is 6.39. The maximum Gasteiger partial charge on any atom is 0.240 e. The van der Waals surface area contributed by atoms with Crippen LogP contribution in [0.4, 0.5) is 0 Å². The summed E-state index contributed by atoms with van der Waals surface area (Å²) < 4.78 is 21.1. The average Bonchev–Trinajstić information content (AvgIpc) is 2.11. The number of rotatable bonds is 4. The fourth-order valence-electron chi connectivity index (χ4n) is 0.673. The lowest BCUT2D eigenvalue weighted by atomic mass is 10.1. The normalized spacial score (nSPS) is 14.1. The van der Waals surface area contributed by atoms with E-state index in [1.807, 2.05) is 6.07 Å². The minimum atomic E-state index is -3.45. The Labute approximate surface area is 90.4 Å². The first-order chi connectivity index (χ1) is 6.63. The molecule has 86 valence electrons. The van der Waals surface area contributed by atoms with Gasteiger partial charge in [-0.2, -0.15) is 5.26 Å². The molecule has 0 aliphatic carbocycles. The molecule has 1 atom stereocenters. The van der Waals surface area contributed by atoms with Crippen LogP contribution in [0.15, 0.2) is 0 Å². The molecule has 0 fully saturated rings. The molecule has 0 saturated heterocycles. The third kappa shape index (κ3) is 3.51. The number of carbonyl (C=O) groups excluding carboxylic acids is 1. The molecule has 0 aliphatic heterocycles. The highest BCUT2D eigenvalue weighted by molar-refractivity contribution is 7.92. The summed E-state index contributed by atoms with van der Waals surface area (Å²) in [6, 6.07) is 1.95. The van der Waals surface area contributed by atoms with Gasteiger partial charge >= 0.3 is 0 Å². The van der Waals surface area contributed by atoms with Crippen LogP contribution in [-0.4, -0.2) is 31.9 Å². The lowest BCUT2D eigenvalue weighted by Crippen LogP contribution is -2.48. The van der Waals surface area contributed by atoms with Crippen molar-refractivity contribution in [1.82, 2.24) is 5.32 Å². The molecule has 0 saturated carbocycles. The van der Waals surface area contributed by atoms with Gasteiger partial charge in [0.05, 0.1) is 12.0 Å². The van der Waals surface area contributed by atoms with Crippen molar-refractivity contribution < 1.29 is 13.2 Å². The molecule has 1 unspecified atom stereocenters. The van der Waals surface area contributed by atoms with E-state index in [1.165, 1.54) is 13.8 Å². The van der Waals surface area contributed by atoms with E-state index < -0.39 is 20.5 Å². The molecule has 6 heteroatoms. The van der Waals surface area contributed by atoms with Crippen LogP contribution in [0.25, 0.3) is 0 Å². The van der Waals surface area contributed by atoms with E-state index in [-0.39, 0.29) is 12.5 Å². The molecule has 0 rings (SSSR count). The quantitative estimate of drug-likeness (QED) is 0.744. The molecule has 0 heterocycles. The lowest BCUT2D eigenvalue weighted by molar-refractivity contribution is -0.122. The molecule has 1 N–H and O–H groups in total. The zero-order chi connectivity index (χ0) is 12.3. The van der Waals surface area contributed by atoms with Crippen molar-refractivity contribution in [3.8, 4) is 6.07 Å². The second-order valence-corrected chi connectivity index (χ2v) is 6.59. The Kier molecular flexibility index (Phi) is 4.28. The summed E-state index contributed by atoms with van der Waals surface area (Å²) in [5.41, 5.74) is 0. The highest BCUT2D eigenvalue weighted by Gasteiger charge is 2.38. The van der Waals surface area contributed by atoms with Crippen molar-refractivity contribution >= 4 is 15.7 Å². The number of nitrogens with one attached hydrogen (secondary N) is 1. The van der Waals surface area contributed by atoms with E-state index in [2.05, 4.69) is 5.32 Å². The minimum absolute atomic E-state index is 0.161. The van der Waals surface area contributed by atoms with Crippen LogP contribution in [0.5, 0.6) is 0 Å². The summed E-state index contributed by atoms with van der Waals surface area (Å²) in [5, 5.41) is 10.9. The van der Waals surface area contributed by atoms with Crippen LogP contribution >= 0.6 is 0 Å². The van der Waals surface area contributed by atoms with Gasteiger partial charge in [0.2, 0.25) is 5.91 Å². The van der Waals surface area contributed by atoms with E-state index in [0.717, 1.165) is 6.26 Å². The second kappa shape index (κ2) is 4.62. The smallest absolute Gasteiger partial charge is 0.240 e. The third-order valence-corrected chi connectivity index (χ3v) is 4.30. The molecule has 0 aromatic rings. The molecule has 0 aromatic heterocycles. The molecular formula is C9H16N2O3S. The molecule has 0 aliphatic rings. The zero-order valence-electron chi connectivity index (χ0n) is 9.36. The van der Waals surface area contributed by atoms with Gasteiger partial charge in [-0.05, 0) is 20.8 Å². The summed E-state index contributed by atoms with van der Waals surface area (Å²) in [4.78, 5) is 11.5. The number of nitriles is 1. The van der Waals surface area contributed by atoms with Crippen LogP contribution in [0, 0.1) is 17.2 Å². The van der Waals surface area contributed by atoms with Crippen LogP contribution in [-0.2, 0) is 14.6 Å². The van der Waals surface area contributed by atoms with Crippen molar-refractivity contribution in [2.45, 2.75) is 25.5 Å². The summed E-state index contributed by atoms with van der Waals surface area (Å²) in [5.74, 6) is -0.906. The number of sulfone groups is 1. The topological polar surface area (TPSA) is 87.0 Å². The Hall–Kier alpha value is -1.09. The van der Waals surface area contributed by atoms with Gasteiger partial charge in [0.15, 0.2) is 9.84 Å². The maximum atomic E-state index is 11.5. The maximum absolute atomic E-state index is 11.5. The van der Waals surface area contributed by atoms with E-state index in [9.17, 15) is 13.2 Å². The second-order valence-electron chi connectivity index (χ2n) is 4.02. The Balaban J connectivity index is 4.56. The first kappa shape index (κ1) is 13.9. The van der Waals surface area contributed by atoms with E-state index in [4.69, 9.17) is 5.26 Å². The van der Waals surface area contributed by atoms with Gasteiger partial charge in [0, 0.05) is 12.8 Å². The van der Waals surface area contributed by atoms with Gasteiger partial charge in [-0.25, -0.2) is 8.42 Å². The molecular weight excluding hydrogens is 216 g/mol. The minimum Gasteiger partial charge on any atom is -0.353 e. The number of hydrogen-bond acceptors (Lipinski definition) is 4. The Morgan fingerprint density at radius 2 is 2.00 bits per heavy atom. The Bertz CT molecular complexity index is 379. The van der Waals surface area contributed by atoms with Crippen molar-refractivity contribution in [3.05, 3.63) is 0 Å². The summed E-state index contributed by atoms with van der Waals surface area (Å²) >= 11 is 0. The van der Waals surface area contributed by atoms with Crippen LogP contribution in [0.1, 0.15) is 20.8 Å². The van der Waals surface area contributed by atoms with Crippen molar-refractivity contribution in [2.75, 3.05) is 12.8 Å². The fourth-order valence-corrected chi connectivity index (χ4v) is 1.08. The van der Waals surface area contributed by atoms with Gasteiger partial charge in [-0.15, -0.1) is 0 Å². The van der Waals surface area contributed by atoms with E-state index in [1.54, 1.807) is 6.92 Å². The van der Waals surface area contributed by atoms with Crippen LogP contribution < -0.4 is 5.32 Å². The van der Waals surface area contributed by atoms with E-state index >= 15 is 0 Å². The molecule has 5 nitrogen and oxygen atoms in total. The van der Waals surface area contributed by atoms with Gasteiger partial charge < -0.3 is 5.32 Å². The van der Waals surface area contributed by atoms with Gasteiger partial charge in [-0.1, -0.05) is 0 Å². The predicted molar refractivity (Wildman–Crippen MR) is 56.7 cm³/mol. The lowest BCUT2D eigenvalue weighted by Gasteiger charge is -2.21. The summed E-state index contributed by atoms with van der Waals surface area (Å²) in [6.45, 7) is 4.49. The third-order valence-electron chi connectivity index (χ3n) is 2.26. The van der Waals surface area contributed by atoms with Crippen molar-refractivity contribution in [2.24, 2.45) is 5.92 Å². The van der Waals surface area contributed by atoms with Gasteiger partial charge in [-0.3, -0.25) is 4.79 Å². The van der Waals surface area contributed by atoms with Crippen molar-refractivity contribution in [1.29, 1.82) is 5.26 Å². The van der Waals surface area contributed by atoms with Crippen LogP contribution in [0.2, 0.25) is 0 Å². The monoisotopic (exact) mass is 232 g/mol. The van der Waals surface area contributed by atoms with Crippen LogP contribution in [0.3, 0.4) is 0 Å². The zero-order valence-corrected chi connectivity index (χ0v) is 10.2. The largest absolute Gasteiger partial charge is 0.353 e. The summed E-state index contributed by atoms with van der Waals surface area (Å²) in [7, 11) is -3.45. The standard InChI is InChI=1S/C9H16N2O3S/c1-7(5-10)6-11-8(12)9(2,3)15(4,13)14/h7H,6H2,1-4H3,(H,11,12). The molecule has 1 amide bonds. The number of nitrogens with zero attached hydrogens (tertiary/aromatic N) is 1. The van der Waals surface area contributed by atoms with Gasteiger partial charge in [0.25, 0.3) is 0 Å². The van der Waals surface area contributed by atoms with Crippen molar-refractivity contribution in [3.63, 3.8) is 0 Å².